The average Bonchev–Trinajstić information content (AvgIpc) is 2.56. The molecule has 0 saturated carbocycles. The van der Waals surface area contributed by atoms with E-state index < -0.39 is 0 Å². The van der Waals surface area contributed by atoms with Gasteiger partial charge in [0, 0.05) is 37.9 Å². The standard InChI is InChI=1S/C19H30N4O2/c1-14(2)21-18(24)12-20-19(25)13-22-8-10-23(11-9-22)17-7-5-6-15(3)16(17)4/h5-7,14H,8-13H2,1-4H3,(H,20,25)(H,21,24). The molecule has 1 heterocycles. The van der Waals surface area contributed by atoms with Crippen molar-refractivity contribution in [1.29, 1.82) is 0 Å². The summed E-state index contributed by atoms with van der Waals surface area (Å²) in [6, 6.07) is 6.48. The lowest BCUT2D eigenvalue weighted by atomic mass is 10.1. The van der Waals surface area contributed by atoms with Gasteiger partial charge in [0.05, 0.1) is 13.1 Å². The second-order valence-electron chi connectivity index (χ2n) is 6.98. The molecule has 0 aromatic heterocycles. The van der Waals surface area contributed by atoms with Crippen LogP contribution in [-0.2, 0) is 9.59 Å². The SMILES string of the molecule is Cc1cccc(N2CCN(CC(=O)NCC(=O)NC(C)C)CC2)c1C. The van der Waals surface area contributed by atoms with Gasteiger partial charge in [-0.3, -0.25) is 14.5 Å². The van der Waals surface area contributed by atoms with Crippen molar-refractivity contribution in [3.63, 3.8) is 0 Å². The molecule has 25 heavy (non-hydrogen) atoms. The summed E-state index contributed by atoms with van der Waals surface area (Å²) in [5.74, 6) is -0.248. The maximum absolute atomic E-state index is 12.0. The third-order valence-electron chi connectivity index (χ3n) is 4.55. The summed E-state index contributed by atoms with van der Waals surface area (Å²) in [4.78, 5) is 28.1. The van der Waals surface area contributed by atoms with Gasteiger partial charge >= 0.3 is 0 Å². The summed E-state index contributed by atoms with van der Waals surface area (Å²) in [6.45, 7) is 12.0. The fraction of sp³-hybridized carbons (Fsp3) is 0.579. The van der Waals surface area contributed by atoms with E-state index in [1.54, 1.807) is 0 Å². The molecule has 6 heteroatoms. The largest absolute Gasteiger partial charge is 0.369 e. The predicted octanol–water partition coefficient (Wildman–Crippen LogP) is 1.07. The normalized spacial score (nSPS) is 15.3. The van der Waals surface area contributed by atoms with Crippen molar-refractivity contribution < 1.29 is 9.59 Å². The maximum atomic E-state index is 12.0. The van der Waals surface area contributed by atoms with Crippen molar-refractivity contribution in [1.82, 2.24) is 15.5 Å². The van der Waals surface area contributed by atoms with E-state index in [2.05, 4.69) is 52.5 Å². The van der Waals surface area contributed by atoms with Gasteiger partial charge in [-0.2, -0.15) is 0 Å². The van der Waals surface area contributed by atoms with Crippen LogP contribution < -0.4 is 15.5 Å². The van der Waals surface area contributed by atoms with Crippen molar-refractivity contribution in [2.24, 2.45) is 0 Å². The minimum absolute atomic E-state index is 0.0411. The number of hydrogen-bond donors (Lipinski definition) is 2. The first-order chi connectivity index (χ1) is 11.9. The molecule has 2 N–H and O–H groups in total. The zero-order chi connectivity index (χ0) is 18.4. The van der Waals surface area contributed by atoms with E-state index in [-0.39, 0.29) is 24.4 Å². The Morgan fingerprint density at radius 2 is 1.76 bits per heavy atom. The van der Waals surface area contributed by atoms with Gasteiger partial charge in [0.15, 0.2) is 0 Å². The molecular formula is C19H30N4O2. The molecule has 1 aliphatic heterocycles. The van der Waals surface area contributed by atoms with Gasteiger partial charge in [-0.25, -0.2) is 0 Å². The van der Waals surface area contributed by atoms with Gasteiger partial charge in [0.25, 0.3) is 0 Å². The van der Waals surface area contributed by atoms with Gasteiger partial charge in [0.1, 0.15) is 0 Å². The van der Waals surface area contributed by atoms with Gasteiger partial charge < -0.3 is 15.5 Å². The highest BCUT2D eigenvalue weighted by atomic mass is 16.2. The molecule has 1 aromatic carbocycles. The van der Waals surface area contributed by atoms with E-state index in [0.717, 1.165) is 26.2 Å². The van der Waals surface area contributed by atoms with E-state index in [1.165, 1.54) is 16.8 Å². The van der Waals surface area contributed by atoms with Crippen LogP contribution in [0.15, 0.2) is 18.2 Å². The van der Waals surface area contributed by atoms with E-state index in [4.69, 9.17) is 0 Å². The Hall–Kier alpha value is -2.08. The summed E-state index contributed by atoms with van der Waals surface area (Å²) in [5.41, 5.74) is 3.92. The molecule has 1 aliphatic rings. The van der Waals surface area contributed by atoms with E-state index >= 15 is 0 Å². The molecule has 2 amide bonds. The molecule has 0 bridgehead atoms. The molecule has 1 aromatic rings. The fourth-order valence-corrected chi connectivity index (χ4v) is 3.04. The van der Waals surface area contributed by atoms with Gasteiger partial charge in [0.2, 0.25) is 11.8 Å². The van der Waals surface area contributed by atoms with Gasteiger partial charge in [-0.05, 0) is 44.9 Å². The number of aryl methyl sites for hydroxylation is 1. The average molecular weight is 346 g/mol. The van der Waals surface area contributed by atoms with E-state index in [9.17, 15) is 9.59 Å². The highest BCUT2D eigenvalue weighted by Gasteiger charge is 2.20. The second kappa shape index (κ2) is 8.85. The number of nitrogens with zero attached hydrogens (tertiary/aromatic N) is 2. The zero-order valence-electron chi connectivity index (χ0n) is 15.8. The molecular weight excluding hydrogens is 316 g/mol. The van der Waals surface area contributed by atoms with Crippen LogP contribution in [0.2, 0.25) is 0 Å². The number of rotatable bonds is 6. The van der Waals surface area contributed by atoms with Crippen LogP contribution in [0.5, 0.6) is 0 Å². The van der Waals surface area contributed by atoms with Crippen LogP contribution in [-0.4, -0.2) is 62.0 Å². The maximum Gasteiger partial charge on any atom is 0.239 e. The number of piperazine rings is 1. The number of amides is 2. The Bertz CT molecular complexity index is 607. The molecule has 1 fully saturated rings. The van der Waals surface area contributed by atoms with Crippen LogP contribution in [0.3, 0.4) is 0 Å². The van der Waals surface area contributed by atoms with Crippen LogP contribution in [0, 0.1) is 13.8 Å². The van der Waals surface area contributed by atoms with Crippen LogP contribution in [0.25, 0.3) is 0 Å². The summed E-state index contributed by atoms with van der Waals surface area (Å²) < 4.78 is 0. The molecule has 0 radical (unpaired) electrons. The van der Waals surface area contributed by atoms with Gasteiger partial charge in [-0.15, -0.1) is 0 Å². The summed E-state index contributed by atoms with van der Waals surface area (Å²) in [6.07, 6.45) is 0. The quantitative estimate of drug-likeness (QED) is 0.809. The Balaban J connectivity index is 1.76. The highest BCUT2D eigenvalue weighted by molar-refractivity contribution is 5.85. The number of nitrogens with one attached hydrogen (secondary N) is 2. The second-order valence-corrected chi connectivity index (χ2v) is 6.98. The monoisotopic (exact) mass is 346 g/mol. The van der Waals surface area contributed by atoms with Crippen molar-refractivity contribution in [2.75, 3.05) is 44.2 Å². The van der Waals surface area contributed by atoms with Crippen LogP contribution in [0.4, 0.5) is 5.69 Å². The lowest BCUT2D eigenvalue weighted by Crippen LogP contribution is -2.50. The van der Waals surface area contributed by atoms with Crippen molar-refractivity contribution in [3.8, 4) is 0 Å². The molecule has 0 aliphatic carbocycles. The lowest BCUT2D eigenvalue weighted by Gasteiger charge is -2.36. The summed E-state index contributed by atoms with van der Waals surface area (Å²) >= 11 is 0. The topological polar surface area (TPSA) is 64.7 Å². The van der Waals surface area contributed by atoms with Crippen molar-refractivity contribution in [2.45, 2.75) is 33.7 Å². The summed E-state index contributed by atoms with van der Waals surface area (Å²) in [7, 11) is 0. The number of anilines is 1. The zero-order valence-corrected chi connectivity index (χ0v) is 15.8. The third kappa shape index (κ3) is 5.74. The molecule has 6 nitrogen and oxygen atoms in total. The Kier molecular flexibility index (Phi) is 6.82. The fourth-order valence-electron chi connectivity index (χ4n) is 3.04. The van der Waals surface area contributed by atoms with Crippen molar-refractivity contribution >= 4 is 17.5 Å². The third-order valence-corrected chi connectivity index (χ3v) is 4.55. The molecule has 1 saturated heterocycles. The first-order valence-corrected chi connectivity index (χ1v) is 8.96. The summed E-state index contributed by atoms with van der Waals surface area (Å²) in [5, 5.41) is 5.45. The van der Waals surface area contributed by atoms with E-state index in [0.29, 0.717) is 6.54 Å². The first-order valence-electron chi connectivity index (χ1n) is 8.96. The Morgan fingerprint density at radius 3 is 2.40 bits per heavy atom. The number of benzene rings is 1. The van der Waals surface area contributed by atoms with Crippen molar-refractivity contribution in [3.05, 3.63) is 29.3 Å². The minimum atomic E-state index is -0.150. The lowest BCUT2D eigenvalue weighted by molar-refractivity contribution is -0.127. The number of hydrogen-bond acceptors (Lipinski definition) is 4. The smallest absolute Gasteiger partial charge is 0.239 e. The predicted molar refractivity (Wildman–Crippen MR) is 101 cm³/mol. The molecule has 2 rings (SSSR count). The van der Waals surface area contributed by atoms with Crippen LogP contribution >= 0.6 is 0 Å². The Labute approximate surface area is 150 Å². The van der Waals surface area contributed by atoms with Gasteiger partial charge in [-0.1, -0.05) is 12.1 Å². The molecule has 138 valence electrons. The molecule has 0 spiro atoms. The first kappa shape index (κ1) is 19.2. The minimum Gasteiger partial charge on any atom is -0.369 e. The number of carbonyl (C=O) groups excluding carboxylic acids is 2. The Morgan fingerprint density at radius 1 is 1.08 bits per heavy atom. The molecule has 0 atom stereocenters. The van der Waals surface area contributed by atoms with E-state index in [1.807, 2.05) is 13.8 Å². The molecule has 0 unspecified atom stereocenters. The highest BCUT2D eigenvalue weighted by Crippen LogP contribution is 2.23. The van der Waals surface area contributed by atoms with Crippen LogP contribution in [0.1, 0.15) is 25.0 Å². The number of carbonyl (C=O) groups is 2.